The molecule has 2 fully saturated rings. The van der Waals surface area contributed by atoms with Crippen molar-refractivity contribution >= 4 is 23.5 Å². The molecule has 1 unspecified atom stereocenters. The summed E-state index contributed by atoms with van der Waals surface area (Å²) in [7, 11) is 0. The number of carbonyl (C=O) groups excluding carboxylic acids is 2. The van der Waals surface area contributed by atoms with Gasteiger partial charge < -0.3 is 10.0 Å². The zero-order valence-electron chi connectivity index (χ0n) is 16.2. The number of piperidine rings is 2. The Labute approximate surface area is 164 Å². The van der Waals surface area contributed by atoms with E-state index in [1.54, 1.807) is 0 Å². The fourth-order valence-electron chi connectivity index (χ4n) is 5.07. The van der Waals surface area contributed by atoms with Crippen molar-refractivity contribution in [1.82, 2.24) is 10.2 Å². The zero-order chi connectivity index (χ0) is 19.8. The van der Waals surface area contributed by atoms with Crippen LogP contribution in [0.15, 0.2) is 18.2 Å². The average molecular weight is 385 g/mol. The van der Waals surface area contributed by atoms with Crippen LogP contribution < -0.4 is 10.2 Å². The highest BCUT2D eigenvalue weighted by atomic mass is 16.4. The number of benzene rings is 1. The topological polar surface area (TPSA) is 90.0 Å². The van der Waals surface area contributed by atoms with Gasteiger partial charge >= 0.3 is 5.97 Å². The molecule has 1 aromatic carbocycles. The minimum atomic E-state index is -0.771. The maximum Gasteiger partial charge on any atom is 0.317 e. The molecule has 150 valence electrons. The van der Waals surface area contributed by atoms with Gasteiger partial charge in [-0.2, -0.15) is 0 Å². The van der Waals surface area contributed by atoms with Gasteiger partial charge in [-0.15, -0.1) is 0 Å². The summed E-state index contributed by atoms with van der Waals surface area (Å²) in [5.74, 6) is -0.398. The van der Waals surface area contributed by atoms with Crippen molar-refractivity contribution in [3.63, 3.8) is 0 Å². The molecular weight excluding hydrogens is 358 g/mol. The minimum Gasteiger partial charge on any atom is -0.480 e. The van der Waals surface area contributed by atoms with Crippen molar-refractivity contribution in [2.24, 2.45) is 0 Å². The molecule has 3 heterocycles. The van der Waals surface area contributed by atoms with E-state index in [9.17, 15) is 14.4 Å². The summed E-state index contributed by atoms with van der Waals surface area (Å²) in [5, 5.41) is 11.5. The molecule has 0 bridgehead atoms. The van der Waals surface area contributed by atoms with E-state index in [0.717, 1.165) is 38.2 Å². The fourth-order valence-corrected chi connectivity index (χ4v) is 5.07. The first-order chi connectivity index (χ1) is 13.4. The first kappa shape index (κ1) is 18.9. The molecule has 0 aliphatic carbocycles. The average Bonchev–Trinajstić information content (AvgIpc) is 2.99. The van der Waals surface area contributed by atoms with E-state index in [2.05, 4.69) is 35.3 Å². The summed E-state index contributed by atoms with van der Waals surface area (Å²) in [4.78, 5) is 39.0. The molecule has 2 saturated heterocycles. The third-order valence-electron chi connectivity index (χ3n) is 6.36. The Balaban J connectivity index is 1.55. The van der Waals surface area contributed by atoms with Crippen molar-refractivity contribution in [3.05, 3.63) is 29.3 Å². The van der Waals surface area contributed by atoms with Gasteiger partial charge in [0.2, 0.25) is 11.8 Å². The molecule has 2 N–H and O–H groups in total. The molecule has 0 radical (unpaired) electrons. The summed E-state index contributed by atoms with van der Waals surface area (Å²) in [6, 6.07) is 6.07. The van der Waals surface area contributed by atoms with Crippen LogP contribution in [0.25, 0.3) is 0 Å². The molecule has 7 nitrogen and oxygen atoms in total. The molecule has 2 amide bonds. The molecule has 0 aromatic heterocycles. The molecule has 0 spiro atoms. The van der Waals surface area contributed by atoms with Gasteiger partial charge in [-0.3, -0.25) is 24.6 Å². The van der Waals surface area contributed by atoms with Crippen LogP contribution in [0.3, 0.4) is 0 Å². The molecule has 4 rings (SSSR count). The van der Waals surface area contributed by atoms with Crippen LogP contribution >= 0.6 is 0 Å². The largest absolute Gasteiger partial charge is 0.480 e. The molecule has 1 aromatic rings. The van der Waals surface area contributed by atoms with Gasteiger partial charge in [0.05, 0.1) is 6.54 Å². The minimum absolute atomic E-state index is 0.110. The van der Waals surface area contributed by atoms with Crippen LogP contribution in [-0.4, -0.2) is 60.0 Å². The molecule has 3 aliphatic heterocycles. The number of anilines is 1. The van der Waals surface area contributed by atoms with Gasteiger partial charge in [0.1, 0.15) is 6.04 Å². The van der Waals surface area contributed by atoms with Gasteiger partial charge in [-0.05, 0) is 55.5 Å². The van der Waals surface area contributed by atoms with E-state index in [4.69, 9.17) is 5.11 Å². The number of imide groups is 1. The lowest BCUT2D eigenvalue weighted by molar-refractivity contribution is -0.138. The van der Waals surface area contributed by atoms with E-state index >= 15 is 0 Å². The summed E-state index contributed by atoms with van der Waals surface area (Å²) in [5.41, 5.74) is 3.78. The second-order valence-corrected chi connectivity index (χ2v) is 8.24. The third-order valence-corrected chi connectivity index (χ3v) is 6.36. The van der Waals surface area contributed by atoms with E-state index in [1.807, 2.05) is 4.90 Å². The highest BCUT2D eigenvalue weighted by Crippen LogP contribution is 2.44. The summed E-state index contributed by atoms with van der Waals surface area (Å²) in [6.45, 7) is 4.70. The lowest BCUT2D eigenvalue weighted by Crippen LogP contribution is -2.52. The number of nitrogens with zero attached hydrogens (tertiary/aromatic N) is 2. The van der Waals surface area contributed by atoms with E-state index in [-0.39, 0.29) is 24.4 Å². The number of hydrogen-bond acceptors (Lipinski definition) is 5. The van der Waals surface area contributed by atoms with E-state index in [1.165, 1.54) is 11.1 Å². The molecule has 7 heteroatoms. The Morgan fingerprint density at radius 2 is 1.96 bits per heavy atom. The number of hydrogen-bond donors (Lipinski definition) is 2. The smallest absolute Gasteiger partial charge is 0.317 e. The van der Waals surface area contributed by atoms with Crippen molar-refractivity contribution < 1.29 is 19.5 Å². The first-order valence-electron chi connectivity index (χ1n) is 10.1. The number of nitrogens with one attached hydrogen (secondary N) is 1. The summed E-state index contributed by atoms with van der Waals surface area (Å²) in [6.07, 6.45) is 2.86. The molecule has 0 saturated carbocycles. The SMILES string of the molecule is C[C@@H]1CN(C2CCC(=O)NC2=O)c2cccc(C3CCN(CC(=O)O)CC3)c21. The van der Waals surface area contributed by atoms with Crippen LogP contribution in [0.1, 0.15) is 55.6 Å². The number of carboxylic acid groups (broad SMARTS) is 1. The number of rotatable bonds is 4. The zero-order valence-corrected chi connectivity index (χ0v) is 16.2. The lowest BCUT2D eigenvalue weighted by Gasteiger charge is -2.33. The second kappa shape index (κ2) is 7.54. The quantitative estimate of drug-likeness (QED) is 0.767. The number of fused-ring (bicyclic) bond motifs is 1. The highest BCUT2D eigenvalue weighted by molar-refractivity contribution is 6.02. The Hall–Kier alpha value is -2.41. The Kier molecular flexibility index (Phi) is 5.10. The standard InChI is InChI=1S/C21H27N3O4/c1-13-11-24(17-5-6-18(25)22-21(17)28)16-4-2-3-15(20(13)16)14-7-9-23(10-8-14)12-19(26)27/h2-4,13-14,17H,5-12H2,1H3,(H,26,27)(H,22,25,28)/t13-,17?/m1/s1. The van der Waals surface area contributed by atoms with Gasteiger partial charge in [0.15, 0.2) is 0 Å². The predicted molar refractivity (Wildman–Crippen MR) is 104 cm³/mol. The Morgan fingerprint density at radius 3 is 2.64 bits per heavy atom. The molecule has 2 atom stereocenters. The Morgan fingerprint density at radius 1 is 1.21 bits per heavy atom. The number of carbonyl (C=O) groups is 3. The maximum atomic E-state index is 12.4. The van der Waals surface area contributed by atoms with Crippen molar-refractivity contribution in [3.8, 4) is 0 Å². The van der Waals surface area contributed by atoms with Crippen LogP contribution in [0, 0.1) is 0 Å². The fraction of sp³-hybridized carbons (Fsp3) is 0.571. The molecule has 3 aliphatic rings. The first-order valence-corrected chi connectivity index (χ1v) is 10.1. The highest BCUT2D eigenvalue weighted by Gasteiger charge is 2.39. The number of amides is 2. The number of likely N-dealkylation sites (tertiary alicyclic amines) is 1. The van der Waals surface area contributed by atoms with Crippen molar-refractivity contribution in [2.75, 3.05) is 31.1 Å². The van der Waals surface area contributed by atoms with Gasteiger partial charge in [0.25, 0.3) is 0 Å². The predicted octanol–water partition coefficient (Wildman–Crippen LogP) is 1.68. The monoisotopic (exact) mass is 385 g/mol. The van der Waals surface area contributed by atoms with Crippen LogP contribution in [0.4, 0.5) is 5.69 Å². The van der Waals surface area contributed by atoms with Gasteiger partial charge in [-0.1, -0.05) is 19.1 Å². The number of carboxylic acids is 1. The van der Waals surface area contributed by atoms with Gasteiger partial charge in [0, 0.05) is 24.6 Å². The van der Waals surface area contributed by atoms with Crippen molar-refractivity contribution in [1.29, 1.82) is 0 Å². The van der Waals surface area contributed by atoms with Crippen LogP contribution in [0.2, 0.25) is 0 Å². The van der Waals surface area contributed by atoms with Crippen LogP contribution in [0.5, 0.6) is 0 Å². The molecule has 28 heavy (non-hydrogen) atoms. The van der Waals surface area contributed by atoms with Gasteiger partial charge in [-0.25, -0.2) is 0 Å². The summed E-state index contributed by atoms with van der Waals surface area (Å²) < 4.78 is 0. The molecular formula is C21H27N3O4. The summed E-state index contributed by atoms with van der Waals surface area (Å²) >= 11 is 0. The van der Waals surface area contributed by atoms with Crippen molar-refractivity contribution in [2.45, 2.75) is 50.5 Å². The maximum absolute atomic E-state index is 12.4. The number of aliphatic carboxylic acids is 1. The Bertz CT molecular complexity index is 801. The third kappa shape index (κ3) is 3.51. The van der Waals surface area contributed by atoms with E-state index < -0.39 is 5.97 Å². The van der Waals surface area contributed by atoms with Crippen LogP contribution in [-0.2, 0) is 14.4 Å². The second-order valence-electron chi connectivity index (χ2n) is 8.24. The normalized spacial score (nSPS) is 26.2. The van der Waals surface area contributed by atoms with E-state index in [0.29, 0.717) is 24.7 Å². The lowest BCUT2D eigenvalue weighted by atomic mass is 9.83.